The molecule has 108 valence electrons. The van der Waals surface area contributed by atoms with Crippen molar-refractivity contribution in [3.63, 3.8) is 0 Å². The lowest BCUT2D eigenvalue weighted by molar-refractivity contribution is 0.0975. The summed E-state index contributed by atoms with van der Waals surface area (Å²) >= 11 is 0. The molecule has 3 rings (SSSR count). The van der Waals surface area contributed by atoms with Crippen molar-refractivity contribution in [3.05, 3.63) is 34.8 Å². The van der Waals surface area contributed by atoms with Crippen LogP contribution < -0.4 is 5.76 Å². The molecule has 1 N–H and O–H groups in total. The van der Waals surface area contributed by atoms with Gasteiger partial charge in [-0.1, -0.05) is 18.6 Å². The maximum Gasteiger partial charge on any atom is 0.419 e. The number of para-hydroxylation sites is 2. The van der Waals surface area contributed by atoms with Crippen LogP contribution in [-0.4, -0.2) is 40.3 Å². The summed E-state index contributed by atoms with van der Waals surface area (Å²) in [6, 6.07) is 8.05. The van der Waals surface area contributed by atoms with Crippen LogP contribution in [0.15, 0.2) is 33.5 Å². The summed E-state index contributed by atoms with van der Waals surface area (Å²) in [6.45, 7) is 2.22. The van der Waals surface area contributed by atoms with Gasteiger partial charge in [0.25, 0.3) is 0 Å². The molecule has 1 heterocycles. The Labute approximate surface area is 117 Å². The Kier molecular flexibility index (Phi) is 3.89. The Morgan fingerprint density at radius 3 is 2.80 bits per heavy atom. The van der Waals surface area contributed by atoms with Crippen LogP contribution in [-0.2, 0) is 6.54 Å². The fraction of sp³-hybridized carbons (Fsp3) is 0.533. The van der Waals surface area contributed by atoms with Crippen molar-refractivity contribution in [1.82, 2.24) is 9.47 Å². The van der Waals surface area contributed by atoms with Crippen molar-refractivity contribution < 1.29 is 9.52 Å². The predicted octanol–water partition coefficient (Wildman–Crippen LogP) is 1.44. The number of aromatic nitrogens is 1. The number of benzene rings is 1. The number of aliphatic hydroxyl groups excluding tert-OH is 1. The van der Waals surface area contributed by atoms with Crippen molar-refractivity contribution in [1.29, 1.82) is 0 Å². The smallest absolute Gasteiger partial charge is 0.408 e. The van der Waals surface area contributed by atoms with Crippen LogP contribution in [0.2, 0.25) is 0 Å². The van der Waals surface area contributed by atoms with E-state index in [1.165, 1.54) is 19.3 Å². The SMILES string of the molecule is O=c1oc2ccccc2n1CCN(CCO)C1CCC1. The first-order valence-corrected chi connectivity index (χ1v) is 7.23. The van der Waals surface area contributed by atoms with Crippen LogP contribution in [0.1, 0.15) is 19.3 Å². The van der Waals surface area contributed by atoms with Gasteiger partial charge in [-0.05, 0) is 25.0 Å². The number of hydrogen-bond acceptors (Lipinski definition) is 4. The van der Waals surface area contributed by atoms with E-state index in [2.05, 4.69) is 4.90 Å². The minimum absolute atomic E-state index is 0.164. The maximum absolute atomic E-state index is 11.9. The third kappa shape index (κ3) is 2.51. The van der Waals surface area contributed by atoms with Crippen LogP contribution in [0.5, 0.6) is 0 Å². The third-order valence-electron chi connectivity index (χ3n) is 4.16. The summed E-state index contributed by atoms with van der Waals surface area (Å²) in [5.74, 6) is -0.302. The molecule has 0 amide bonds. The number of fused-ring (bicyclic) bond motifs is 1. The van der Waals surface area contributed by atoms with E-state index in [1.54, 1.807) is 4.57 Å². The molecular formula is C15H20N2O3. The first-order chi connectivity index (χ1) is 9.79. The monoisotopic (exact) mass is 276 g/mol. The Bertz CT molecular complexity index is 627. The molecule has 0 atom stereocenters. The largest absolute Gasteiger partial charge is 0.419 e. The van der Waals surface area contributed by atoms with E-state index in [4.69, 9.17) is 9.52 Å². The van der Waals surface area contributed by atoms with E-state index >= 15 is 0 Å². The molecule has 1 fully saturated rings. The quantitative estimate of drug-likeness (QED) is 0.867. The second kappa shape index (κ2) is 5.81. The fourth-order valence-electron chi connectivity index (χ4n) is 2.81. The van der Waals surface area contributed by atoms with Crippen molar-refractivity contribution >= 4 is 11.1 Å². The average Bonchev–Trinajstić information content (AvgIpc) is 2.70. The van der Waals surface area contributed by atoms with E-state index < -0.39 is 0 Å². The van der Waals surface area contributed by atoms with E-state index in [0.717, 1.165) is 12.1 Å². The topological polar surface area (TPSA) is 58.6 Å². The van der Waals surface area contributed by atoms with Gasteiger partial charge in [0.05, 0.1) is 12.1 Å². The molecule has 1 aromatic heterocycles. The molecule has 5 heteroatoms. The van der Waals surface area contributed by atoms with Gasteiger partial charge < -0.3 is 9.52 Å². The summed E-state index contributed by atoms with van der Waals surface area (Å²) in [5, 5.41) is 9.16. The Hall–Kier alpha value is -1.59. The Balaban J connectivity index is 1.75. The van der Waals surface area contributed by atoms with Gasteiger partial charge in [0.15, 0.2) is 5.58 Å². The second-order valence-corrected chi connectivity index (χ2v) is 5.33. The Morgan fingerprint density at radius 1 is 1.30 bits per heavy atom. The molecule has 0 aliphatic heterocycles. The highest BCUT2D eigenvalue weighted by Gasteiger charge is 2.24. The van der Waals surface area contributed by atoms with Crippen LogP contribution in [0.25, 0.3) is 11.1 Å². The summed E-state index contributed by atoms with van der Waals surface area (Å²) in [6.07, 6.45) is 3.66. The van der Waals surface area contributed by atoms with Crippen LogP contribution in [0.3, 0.4) is 0 Å². The van der Waals surface area contributed by atoms with Gasteiger partial charge in [-0.25, -0.2) is 4.79 Å². The first kappa shape index (κ1) is 13.4. The third-order valence-corrected chi connectivity index (χ3v) is 4.16. The summed E-state index contributed by atoms with van der Waals surface area (Å²) < 4.78 is 6.91. The normalized spacial score (nSPS) is 15.9. The number of rotatable bonds is 6. The van der Waals surface area contributed by atoms with Crippen molar-refractivity contribution in [2.24, 2.45) is 0 Å². The zero-order valence-corrected chi connectivity index (χ0v) is 11.5. The highest BCUT2D eigenvalue weighted by Crippen LogP contribution is 2.24. The van der Waals surface area contributed by atoms with E-state index in [9.17, 15) is 4.79 Å². The molecule has 1 aliphatic carbocycles. The van der Waals surface area contributed by atoms with Crippen molar-refractivity contribution in [2.45, 2.75) is 31.8 Å². The van der Waals surface area contributed by atoms with Gasteiger partial charge in [0, 0.05) is 25.7 Å². The number of aliphatic hydroxyl groups is 1. The molecule has 2 aromatic rings. The van der Waals surface area contributed by atoms with Gasteiger partial charge in [-0.3, -0.25) is 9.47 Å². The highest BCUT2D eigenvalue weighted by atomic mass is 16.4. The van der Waals surface area contributed by atoms with Gasteiger partial charge in [0.2, 0.25) is 0 Å². The zero-order valence-electron chi connectivity index (χ0n) is 11.5. The Morgan fingerprint density at radius 2 is 2.10 bits per heavy atom. The average molecular weight is 276 g/mol. The van der Waals surface area contributed by atoms with Gasteiger partial charge in [0.1, 0.15) is 0 Å². The molecule has 1 saturated carbocycles. The van der Waals surface area contributed by atoms with E-state index in [0.29, 0.717) is 24.7 Å². The molecule has 0 spiro atoms. The molecule has 20 heavy (non-hydrogen) atoms. The summed E-state index contributed by atoms with van der Waals surface area (Å²) in [5.41, 5.74) is 1.48. The van der Waals surface area contributed by atoms with Gasteiger partial charge in [-0.15, -0.1) is 0 Å². The minimum Gasteiger partial charge on any atom is -0.408 e. The lowest BCUT2D eigenvalue weighted by Crippen LogP contribution is -2.43. The minimum atomic E-state index is -0.302. The van der Waals surface area contributed by atoms with Crippen molar-refractivity contribution in [2.75, 3.05) is 19.7 Å². The summed E-state index contributed by atoms with van der Waals surface area (Å²) in [4.78, 5) is 14.2. The molecule has 0 bridgehead atoms. The molecular weight excluding hydrogens is 256 g/mol. The first-order valence-electron chi connectivity index (χ1n) is 7.23. The molecule has 0 unspecified atom stereocenters. The molecule has 0 radical (unpaired) electrons. The summed E-state index contributed by atoms with van der Waals surface area (Å²) in [7, 11) is 0. The number of oxazole rings is 1. The van der Waals surface area contributed by atoms with Gasteiger partial charge >= 0.3 is 5.76 Å². The standard InChI is InChI=1S/C15H20N2O3/c18-11-10-16(12-4-3-5-12)8-9-17-13-6-1-2-7-14(13)20-15(17)19/h1-2,6-7,12,18H,3-5,8-11H2. The fourth-order valence-corrected chi connectivity index (χ4v) is 2.81. The van der Waals surface area contributed by atoms with Crippen molar-refractivity contribution in [3.8, 4) is 0 Å². The number of nitrogens with zero attached hydrogens (tertiary/aromatic N) is 2. The molecule has 5 nitrogen and oxygen atoms in total. The highest BCUT2D eigenvalue weighted by molar-refractivity contribution is 5.72. The molecule has 0 saturated heterocycles. The second-order valence-electron chi connectivity index (χ2n) is 5.33. The lowest BCUT2D eigenvalue weighted by atomic mass is 9.91. The lowest BCUT2D eigenvalue weighted by Gasteiger charge is -2.37. The maximum atomic E-state index is 11.9. The van der Waals surface area contributed by atoms with Crippen LogP contribution in [0.4, 0.5) is 0 Å². The molecule has 1 aliphatic rings. The van der Waals surface area contributed by atoms with E-state index in [-0.39, 0.29) is 12.4 Å². The zero-order chi connectivity index (χ0) is 13.9. The molecule has 1 aromatic carbocycles. The predicted molar refractivity (Wildman–Crippen MR) is 76.8 cm³/mol. The van der Waals surface area contributed by atoms with E-state index in [1.807, 2.05) is 24.3 Å². The van der Waals surface area contributed by atoms with Crippen LogP contribution in [0, 0.1) is 0 Å². The van der Waals surface area contributed by atoms with Crippen LogP contribution >= 0.6 is 0 Å². The van der Waals surface area contributed by atoms with Gasteiger partial charge in [-0.2, -0.15) is 0 Å². The number of hydrogen-bond donors (Lipinski definition) is 1.